The van der Waals surface area contributed by atoms with Crippen molar-refractivity contribution >= 4 is 16.9 Å². The number of para-hydroxylation sites is 2. The summed E-state index contributed by atoms with van der Waals surface area (Å²) in [6.45, 7) is 5.17. The number of hydrogen-bond acceptors (Lipinski definition) is 3. The first-order chi connectivity index (χ1) is 15.5. The molecule has 0 bridgehead atoms. The number of rotatable bonds is 4. The number of H-pyrrole nitrogens is 2. The molecule has 0 saturated carbocycles. The molecule has 3 heterocycles. The third-order valence-corrected chi connectivity index (χ3v) is 6.47. The van der Waals surface area contributed by atoms with Gasteiger partial charge in [0, 0.05) is 25.6 Å². The molecular formula is C25H27N5O2. The summed E-state index contributed by atoms with van der Waals surface area (Å²) in [5, 5.41) is 3.33. The smallest absolute Gasteiger partial charge is 0.277 e. The van der Waals surface area contributed by atoms with E-state index in [0.717, 1.165) is 53.8 Å². The molecule has 0 aliphatic carbocycles. The molecule has 1 aliphatic rings. The average molecular weight is 430 g/mol. The van der Waals surface area contributed by atoms with Crippen LogP contribution in [0.4, 0.5) is 0 Å². The largest absolute Gasteiger partial charge is 0.343 e. The van der Waals surface area contributed by atoms with E-state index in [9.17, 15) is 9.59 Å². The molecule has 2 N–H and O–H groups in total. The summed E-state index contributed by atoms with van der Waals surface area (Å²) in [5.41, 5.74) is 5.40. The van der Waals surface area contributed by atoms with Crippen LogP contribution in [0.25, 0.3) is 28.2 Å². The molecule has 32 heavy (non-hydrogen) atoms. The van der Waals surface area contributed by atoms with Gasteiger partial charge in [0.1, 0.15) is 0 Å². The fourth-order valence-corrected chi connectivity index (χ4v) is 4.56. The van der Waals surface area contributed by atoms with Crippen LogP contribution in [0.1, 0.15) is 30.9 Å². The van der Waals surface area contributed by atoms with Crippen molar-refractivity contribution < 1.29 is 4.79 Å². The molecule has 1 saturated heterocycles. The number of piperidine rings is 1. The lowest BCUT2D eigenvalue weighted by Crippen LogP contribution is -2.37. The average Bonchev–Trinajstić information content (AvgIpc) is 3.36. The summed E-state index contributed by atoms with van der Waals surface area (Å²) in [4.78, 5) is 35.0. The second-order valence-corrected chi connectivity index (χ2v) is 8.70. The summed E-state index contributed by atoms with van der Waals surface area (Å²) >= 11 is 0. The van der Waals surface area contributed by atoms with Crippen LogP contribution in [0.5, 0.6) is 0 Å². The summed E-state index contributed by atoms with van der Waals surface area (Å²) < 4.78 is 1.52. The van der Waals surface area contributed by atoms with E-state index in [-0.39, 0.29) is 11.5 Å². The zero-order chi connectivity index (χ0) is 22.2. The lowest BCUT2D eigenvalue weighted by Gasteiger charge is -2.31. The van der Waals surface area contributed by atoms with Crippen molar-refractivity contribution in [3.05, 3.63) is 70.0 Å². The van der Waals surface area contributed by atoms with Crippen molar-refractivity contribution in [3.8, 4) is 17.2 Å². The fourth-order valence-electron chi connectivity index (χ4n) is 4.56. The van der Waals surface area contributed by atoms with Gasteiger partial charge in [-0.05, 0) is 49.8 Å². The summed E-state index contributed by atoms with van der Waals surface area (Å²) in [7, 11) is 0. The number of nitrogens with zero attached hydrogens (tertiary/aromatic N) is 3. The van der Waals surface area contributed by atoms with Crippen molar-refractivity contribution in [1.82, 2.24) is 24.6 Å². The van der Waals surface area contributed by atoms with Gasteiger partial charge in [0.15, 0.2) is 0 Å². The van der Waals surface area contributed by atoms with E-state index < -0.39 is 0 Å². The van der Waals surface area contributed by atoms with Crippen LogP contribution >= 0.6 is 0 Å². The van der Waals surface area contributed by atoms with Gasteiger partial charge in [-0.15, -0.1) is 0 Å². The highest BCUT2D eigenvalue weighted by atomic mass is 16.2. The third-order valence-electron chi connectivity index (χ3n) is 6.47. The van der Waals surface area contributed by atoms with E-state index >= 15 is 0 Å². The van der Waals surface area contributed by atoms with Gasteiger partial charge >= 0.3 is 0 Å². The number of amides is 1. The van der Waals surface area contributed by atoms with Gasteiger partial charge in [-0.1, -0.05) is 42.0 Å². The molecule has 4 aromatic rings. The van der Waals surface area contributed by atoms with Gasteiger partial charge in [-0.2, -0.15) is 4.68 Å². The molecule has 0 atom stereocenters. The number of nitrogens with one attached hydrogen (secondary N) is 2. The second-order valence-electron chi connectivity index (χ2n) is 8.70. The molecule has 1 fully saturated rings. The molecule has 2 aromatic heterocycles. The normalized spacial score (nSPS) is 14.9. The van der Waals surface area contributed by atoms with Crippen molar-refractivity contribution in [2.45, 2.75) is 33.1 Å². The second kappa shape index (κ2) is 8.15. The Kier molecular flexibility index (Phi) is 5.17. The number of aromatic nitrogens is 4. The van der Waals surface area contributed by atoms with Gasteiger partial charge in [0.05, 0.1) is 16.7 Å². The van der Waals surface area contributed by atoms with E-state index in [1.165, 1.54) is 10.2 Å². The molecular weight excluding hydrogens is 402 g/mol. The summed E-state index contributed by atoms with van der Waals surface area (Å²) in [5.74, 6) is 0.974. The van der Waals surface area contributed by atoms with Crippen molar-refractivity contribution in [3.63, 3.8) is 0 Å². The number of hydrogen-bond donors (Lipinski definition) is 2. The number of likely N-dealkylation sites (tertiary alicyclic amines) is 1. The molecule has 7 heteroatoms. The first-order valence-corrected chi connectivity index (χ1v) is 11.1. The Morgan fingerprint density at radius 1 is 1.09 bits per heavy atom. The minimum atomic E-state index is -0.0753. The Balaban J connectivity index is 1.54. The number of aromatic amines is 2. The quantitative estimate of drug-likeness (QED) is 0.517. The van der Waals surface area contributed by atoms with Crippen LogP contribution in [0.3, 0.4) is 0 Å². The minimum absolute atomic E-state index is 0.0753. The van der Waals surface area contributed by atoms with Crippen molar-refractivity contribution in [2.24, 2.45) is 5.92 Å². The molecule has 164 valence electrons. The van der Waals surface area contributed by atoms with Crippen LogP contribution in [0.2, 0.25) is 0 Å². The first kappa shape index (κ1) is 20.3. The topological polar surface area (TPSA) is 86.8 Å². The number of carbonyl (C=O) groups is 1. The number of benzene rings is 2. The predicted octanol–water partition coefficient (Wildman–Crippen LogP) is 3.82. The highest BCUT2D eigenvalue weighted by molar-refractivity contribution is 5.76. The Hall–Kier alpha value is -3.61. The molecule has 1 aliphatic heterocycles. The number of imidazole rings is 1. The van der Waals surface area contributed by atoms with E-state index in [1.807, 2.05) is 41.3 Å². The number of carbonyl (C=O) groups excluding carboxylic acids is 1. The lowest BCUT2D eigenvalue weighted by molar-refractivity contribution is -0.130. The molecule has 0 spiro atoms. The zero-order valence-corrected chi connectivity index (χ0v) is 18.4. The Labute approximate surface area is 186 Å². The lowest BCUT2D eigenvalue weighted by atomic mass is 9.89. The molecule has 5 rings (SSSR count). The SMILES string of the molecule is CC(=O)N1CCC(Cc2c(-c3ccc(C)cc3)[nH]n(-c3nc4ccccc4[nH]3)c2=O)CC1. The Morgan fingerprint density at radius 3 is 2.50 bits per heavy atom. The van der Waals surface area contributed by atoms with Crippen LogP contribution in [-0.4, -0.2) is 43.6 Å². The maximum Gasteiger partial charge on any atom is 0.277 e. The molecule has 2 aromatic carbocycles. The Morgan fingerprint density at radius 2 is 1.81 bits per heavy atom. The van der Waals surface area contributed by atoms with Gasteiger partial charge in [0.2, 0.25) is 11.9 Å². The minimum Gasteiger partial charge on any atom is -0.343 e. The van der Waals surface area contributed by atoms with Crippen molar-refractivity contribution in [1.29, 1.82) is 0 Å². The molecule has 0 unspecified atom stereocenters. The van der Waals surface area contributed by atoms with Gasteiger partial charge in [-0.25, -0.2) is 4.98 Å². The van der Waals surface area contributed by atoms with Gasteiger partial charge in [0.25, 0.3) is 5.56 Å². The Bertz CT molecular complexity index is 1290. The number of aryl methyl sites for hydroxylation is 1. The third kappa shape index (κ3) is 3.75. The van der Waals surface area contributed by atoms with E-state index in [4.69, 9.17) is 0 Å². The van der Waals surface area contributed by atoms with E-state index in [1.54, 1.807) is 6.92 Å². The van der Waals surface area contributed by atoms with Crippen LogP contribution in [0, 0.1) is 12.8 Å². The molecule has 7 nitrogen and oxygen atoms in total. The number of fused-ring (bicyclic) bond motifs is 1. The monoisotopic (exact) mass is 429 g/mol. The molecule has 0 radical (unpaired) electrons. The standard InChI is InChI=1S/C25H27N5O2/c1-16-7-9-19(10-8-16)23-20(15-18-11-13-29(14-12-18)17(2)31)24(32)30(28-23)25-26-21-5-3-4-6-22(21)27-25/h3-10,18,28H,11-15H2,1-2H3,(H,26,27). The summed E-state index contributed by atoms with van der Waals surface area (Å²) in [6, 6.07) is 16.0. The van der Waals surface area contributed by atoms with Crippen LogP contribution < -0.4 is 5.56 Å². The fraction of sp³-hybridized carbons (Fsp3) is 0.320. The van der Waals surface area contributed by atoms with Crippen molar-refractivity contribution in [2.75, 3.05) is 13.1 Å². The maximum absolute atomic E-state index is 13.6. The highest BCUT2D eigenvalue weighted by Gasteiger charge is 2.25. The zero-order valence-electron chi connectivity index (χ0n) is 18.4. The van der Waals surface area contributed by atoms with Gasteiger partial charge < -0.3 is 9.88 Å². The molecule has 1 amide bonds. The van der Waals surface area contributed by atoms with Crippen LogP contribution in [-0.2, 0) is 11.2 Å². The maximum atomic E-state index is 13.6. The van der Waals surface area contributed by atoms with Crippen LogP contribution in [0.15, 0.2) is 53.3 Å². The van der Waals surface area contributed by atoms with Gasteiger partial charge in [-0.3, -0.25) is 14.7 Å². The first-order valence-electron chi connectivity index (χ1n) is 11.1. The predicted molar refractivity (Wildman–Crippen MR) is 125 cm³/mol. The highest BCUT2D eigenvalue weighted by Crippen LogP contribution is 2.27. The van der Waals surface area contributed by atoms with E-state index in [0.29, 0.717) is 18.3 Å². The summed E-state index contributed by atoms with van der Waals surface area (Å²) in [6.07, 6.45) is 2.49. The van der Waals surface area contributed by atoms with E-state index in [2.05, 4.69) is 34.1 Å².